The smallest absolute Gasteiger partial charge is 0.291 e. The molecule has 0 fully saturated rings. The van der Waals surface area contributed by atoms with Gasteiger partial charge in [-0.3, -0.25) is 4.79 Å². The van der Waals surface area contributed by atoms with Crippen LogP contribution >= 0.6 is 0 Å². The number of hydrogen-bond donors (Lipinski definition) is 2. The van der Waals surface area contributed by atoms with Crippen LogP contribution in [0.2, 0.25) is 0 Å². The molecule has 1 aromatic heterocycles. The van der Waals surface area contributed by atoms with Crippen LogP contribution in [0.4, 0.5) is 5.69 Å². The lowest BCUT2D eigenvalue weighted by Gasteiger charge is -2.02. The third-order valence-corrected chi connectivity index (χ3v) is 2.77. The minimum Gasteiger partial charge on any atom is -0.508 e. The van der Waals surface area contributed by atoms with Crippen molar-refractivity contribution in [3.63, 3.8) is 0 Å². The Hall–Kier alpha value is -2.75. The van der Waals surface area contributed by atoms with E-state index in [0.717, 1.165) is 5.39 Å². The van der Waals surface area contributed by atoms with E-state index in [9.17, 15) is 9.90 Å². The number of carbonyl (C=O) groups is 1. The van der Waals surface area contributed by atoms with Gasteiger partial charge in [0.05, 0.1) is 0 Å². The highest BCUT2D eigenvalue weighted by atomic mass is 16.3. The summed E-state index contributed by atoms with van der Waals surface area (Å²) >= 11 is 0. The van der Waals surface area contributed by atoms with Gasteiger partial charge in [0.1, 0.15) is 11.3 Å². The number of furan rings is 1. The molecule has 0 aliphatic heterocycles. The van der Waals surface area contributed by atoms with Crippen LogP contribution in [0.5, 0.6) is 5.75 Å². The maximum Gasteiger partial charge on any atom is 0.291 e. The van der Waals surface area contributed by atoms with Crippen LogP contribution < -0.4 is 5.32 Å². The monoisotopic (exact) mass is 253 g/mol. The fraction of sp³-hybridized carbons (Fsp3) is 0. The molecule has 4 nitrogen and oxygen atoms in total. The number of hydrogen-bond acceptors (Lipinski definition) is 3. The van der Waals surface area contributed by atoms with Gasteiger partial charge >= 0.3 is 0 Å². The molecular formula is C15H11NO3. The van der Waals surface area contributed by atoms with E-state index in [1.165, 1.54) is 12.1 Å². The molecule has 1 amide bonds. The molecule has 0 saturated carbocycles. The van der Waals surface area contributed by atoms with Gasteiger partial charge in [0.15, 0.2) is 5.76 Å². The first-order valence-corrected chi connectivity index (χ1v) is 5.81. The van der Waals surface area contributed by atoms with Crippen LogP contribution in [0.3, 0.4) is 0 Å². The zero-order valence-corrected chi connectivity index (χ0v) is 9.96. The Labute approximate surface area is 109 Å². The average Bonchev–Trinajstić information content (AvgIpc) is 2.85. The van der Waals surface area contributed by atoms with Crippen LogP contribution in [0.15, 0.2) is 59.0 Å². The molecule has 3 aromatic rings. The van der Waals surface area contributed by atoms with Gasteiger partial charge in [-0.25, -0.2) is 0 Å². The van der Waals surface area contributed by atoms with E-state index in [0.29, 0.717) is 11.3 Å². The van der Waals surface area contributed by atoms with Crippen molar-refractivity contribution in [2.45, 2.75) is 0 Å². The first kappa shape index (κ1) is 11.3. The summed E-state index contributed by atoms with van der Waals surface area (Å²) in [5.74, 6) is 0.0953. The Kier molecular flexibility index (Phi) is 2.68. The third-order valence-electron chi connectivity index (χ3n) is 2.77. The molecule has 94 valence electrons. The number of amides is 1. The summed E-state index contributed by atoms with van der Waals surface area (Å²) in [4.78, 5) is 12.0. The van der Waals surface area contributed by atoms with Gasteiger partial charge in [0.2, 0.25) is 0 Å². The maximum atomic E-state index is 12.0. The third kappa shape index (κ3) is 2.28. The number of nitrogens with one attached hydrogen (secondary N) is 1. The normalized spacial score (nSPS) is 10.5. The van der Waals surface area contributed by atoms with Gasteiger partial charge in [0, 0.05) is 11.1 Å². The van der Waals surface area contributed by atoms with Crippen molar-refractivity contribution < 1.29 is 14.3 Å². The molecule has 1 heterocycles. The summed E-state index contributed by atoms with van der Waals surface area (Å²) in [7, 11) is 0. The number of phenols is 1. The number of rotatable bonds is 2. The van der Waals surface area contributed by atoms with Crippen LogP contribution in [0.1, 0.15) is 10.6 Å². The number of phenolic OH excluding ortho intramolecular Hbond substituents is 1. The molecule has 4 heteroatoms. The summed E-state index contributed by atoms with van der Waals surface area (Å²) in [5, 5.41) is 12.8. The largest absolute Gasteiger partial charge is 0.508 e. The summed E-state index contributed by atoms with van der Waals surface area (Å²) in [5.41, 5.74) is 1.28. The number of benzene rings is 2. The van der Waals surface area contributed by atoms with E-state index in [-0.39, 0.29) is 17.4 Å². The minimum absolute atomic E-state index is 0.154. The summed E-state index contributed by atoms with van der Waals surface area (Å²) < 4.78 is 5.46. The second kappa shape index (κ2) is 4.49. The number of para-hydroxylation sites is 1. The molecule has 0 saturated heterocycles. The predicted octanol–water partition coefficient (Wildman–Crippen LogP) is 3.39. The van der Waals surface area contributed by atoms with Crippen LogP contribution in [0.25, 0.3) is 11.0 Å². The Morgan fingerprint density at radius 2 is 1.79 bits per heavy atom. The number of aromatic hydroxyl groups is 1. The van der Waals surface area contributed by atoms with Crippen molar-refractivity contribution in [3.05, 3.63) is 60.4 Å². The highest BCUT2D eigenvalue weighted by molar-refractivity contribution is 6.04. The van der Waals surface area contributed by atoms with E-state index in [2.05, 4.69) is 5.32 Å². The minimum atomic E-state index is -0.318. The molecule has 2 aromatic carbocycles. The van der Waals surface area contributed by atoms with Crippen molar-refractivity contribution in [2.24, 2.45) is 0 Å². The Bertz CT molecular complexity index is 695. The van der Waals surface area contributed by atoms with Crippen molar-refractivity contribution >= 4 is 22.6 Å². The van der Waals surface area contributed by atoms with Gasteiger partial charge < -0.3 is 14.8 Å². The van der Waals surface area contributed by atoms with Gasteiger partial charge in [-0.1, -0.05) is 18.2 Å². The second-order valence-corrected chi connectivity index (χ2v) is 4.15. The molecule has 0 atom stereocenters. The topological polar surface area (TPSA) is 62.5 Å². The quantitative estimate of drug-likeness (QED) is 0.688. The lowest BCUT2D eigenvalue weighted by Crippen LogP contribution is -2.10. The number of anilines is 1. The van der Waals surface area contributed by atoms with Crippen molar-refractivity contribution in [3.8, 4) is 5.75 Å². The number of carbonyl (C=O) groups excluding carboxylic acids is 1. The molecule has 2 N–H and O–H groups in total. The SMILES string of the molecule is O=C(Nc1ccc(O)cc1)c1cc2ccccc2o1. The molecule has 0 bridgehead atoms. The van der Waals surface area contributed by atoms with Crippen LogP contribution in [-0.4, -0.2) is 11.0 Å². The van der Waals surface area contributed by atoms with E-state index in [1.807, 2.05) is 24.3 Å². The van der Waals surface area contributed by atoms with E-state index < -0.39 is 0 Å². The fourth-order valence-electron chi connectivity index (χ4n) is 1.83. The Balaban J connectivity index is 1.85. The van der Waals surface area contributed by atoms with Gasteiger partial charge in [-0.2, -0.15) is 0 Å². The maximum absolute atomic E-state index is 12.0. The summed E-state index contributed by atoms with van der Waals surface area (Å²) in [6, 6.07) is 15.4. The van der Waals surface area contributed by atoms with Crippen LogP contribution in [0, 0.1) is 0 Å². The first-order valence-electron chi connectivity index (χ1n) is 5.81. The van der Waals surface area contributed by atoms with Crippen molar-refractivity contribution in [1.29, 1.82) is 0 Å². The molecule has 0 spiro atoms. The predicted molar refractivity (Wildman–Crippen MR) is 72.3 cm³/mol. The molecule has 3 rings (SSSR count). The average molecular weight is 253 g/mol. The summed E-state index contributed by atoms with van der Waals surface area (Å²) in [6.07, 6.45) is 0. The van der Waals surface area contributed by atoms with E-state index in [1.54, 1.807) is 18.2 Å². The van der Waals surface area contributed by atoms with Gasteiger partial charge in [-0.05, 0) is 36.4 Å². The molecule has 0 unspecified atom stereocenters. The van der Waals surface area contributed by atoms with E-state index >= 15 is 0 Å². The van der Waals surface area contributed by atoms with Crippen LogP contribution in [-0.2, 0) is 0 Å². The Morgan fingerprint density at radius 3 is 2.53 bits per heavy atom. The van der Waals surface area contributed by atoms with Crippen molar-refractivity contribution in [2.75, 3.05) is 5.32 Å². The summed E-state index contributed by atoms with van der Waals surface area (Å²) in [6.45, 7) is 0. The lowest BCUT2D eigenvalue weighted by atomic mass is 10.2. The molecular weight excluding hydrogens is 242 g/mol. The Morgan fingerprint density at radius 1 is 1.05 bits per heavy atom. The van der Waals surface area contributed by atoms with Crippen molar-refractivity contribution in [1.82, 2.24) is 0 Å². The second-order valence-electron chi connectivity index (χ2n) is 4.15. The van der Waals surface area contributed by atoms with E-state index in [4.69, 9.17) is 4.42 Å². The highest BCUT2D eigenvalue weighted by Crippen LogP contribution is 2.20. The van der Waals surface area contributed by atoms with Gasteiger partial charge in [0.25, 0.3) is 5.91 Å². The first-order chi connectivity index (χ1) is 9.22. The molecule has 0 aliphatic carbocycles. The van der Waals surface area contributed by atoms with Gasteiger partial charge in [-0.15, -0.1) is 0 Å². The molecule has 0 radical (unpaired) electrons. The lowest BCUT2D eigenvalue weighted by molar-refractivity contribution is 0.0998. The zero-order chi connectivity index (χ0) is 13.2. The molecule has 19 heavy (non-hydrogen) atoms. The molecule has 0 aliphatic rings. The highest BCUT2D eigenvalue weighted by Gasteiger charge is 2.12. The fourth-order valence-corrected chi connectivity index (χ4v) is 1.83. The zero-order valence-electron chi connectivity index (χ0n) is 9.96. The number of fused-ring (bicyclic) bond motifs is 1. The standard InChI is InChI=1S/C15H11NO3/c17-12-7-5-11(6-8-12)16-15(18)14-9-10-3-1-2-4-13(10)19-14/h1-9,17H,(H,16,18).